The average molecular weight is 328 g/mol. The van der Waals surface area contributed by atoms with Gasteiger partial charge in [-0.05, 0) is 39.2 Å². The Bertz CT molecular complexity index is 481. The highest BCUT2D eigenvalue weighted by atomic mass is 35.5. The summed E-state index contributed by atoms with van der Waals surface area (Å²) in [6.07, 6.45) is -3.86. The van der Waals surface area contributed by atoms with Gasteiger partial charge in [-0.15, -0.1) is 12.4 Å². The van der Waals surface area contributed by atoms with Crippen molar-refractivity contribution in [1.82, 2.24) is 4.90 Å². The van der Waals surface area contributed by atoms with Crippen molar-refractivity contribution in [2.75, 3.05) is 32.5 Å². The van der Waals surface area contributed by atoms with E-state index in [0.717, 1.165) is 25.1 Å². The van der Waals surface area contributed by atoms with Crippen LogP contribution >= 0.6 is 12.4 Å². The molecule has 0 aromatic heterocycles. The normalized spacial score (nSPS) is 11.1. The molecule has 0 aliphatic rings. The Morgan fingerprint density at radius 1 is 1.33 bits per heavy atom. The Morgan fingerprint density at radius 3 is 2.43 bits per heavy atom. The molecule has 1 rings (SSSR count). The number of rotatable bonds is 6. The van der Waals surface area contributed by atoms with Crippen molar-refractivity contribution >= 4 is 23.8 Å². The lowest BCUT2D eigenvalue weighted by Crippen LogP contribution is -2.16. The Morgan fingerprint density at radius 2 is 1.95 bits per heavy atom. The van der Waals surface area contributed by atoms with Crippen LogP contribution in [0.3, 0.4) is 0 Å². The first kappa shape index (κ1) is 19.5. The monoisotopic (exact) mass is 327 g/mol. The van der Waals surface area contributed by atoms with Crippen LogP contribution in [0.1, 0.15) is 12.0 Å². The highest BCUT2D eigenvalue weighted by molar-refractivity contribution is 5.85. The quantitative estimate of drug-likeness (QED) is 0.494. The van der Waals surface area contributed by atoms with E-state index in [4.69, 9.17) is 0 Å². The molecule has 1 N–H and O–H groups in total. The van der Waals surface area contributed by atoms with Crippen LogP contribution in [0.2, 0.25) is 0 Å². The van der Waals surface area contributed by atoms with Gasteiger partial charge in [-0.2, -0.15) is 13.2 Å². The maximum absolute atomic E-state index is 12.5. The zero-order chi connectivity index (χ0) is 15.3. The van der Waals surface area contributed by atoms with Gasteiger partial charge < -0.3 is 10.2 Å². The minimum atomic E-state index is -4.59. The third-order valence-electron chi connectivity index (χ3n) is 2.62. The number of nitrogens with one attached hydrogen (secondary N) is 1. The summed E-state index contributed by atoms with van der Waals surface area (Å²) in [5.41, 5.74) is -1.49. The van der Waals surface area contributed by atoms with Crippen molar-refractivity contribution in [3.05, 3.63) is 33.9 Å². The molecule has 0 fully saturated rings. The molecule has 9 heteroatoms. The van der Waals surface area contributed by atoms with Crippen LogP contribution in [0.15, 0.2) is 18.2 Å². The highest BCUT2D eigenvalue weighted by Crippen LogP contribution is 2.34. The number of halogens is 4. The van der Waals surface area contributed by atoms with Crippen molar-refractivity contribution < 1.29 is 18.1 Å². The molecule has 0 unspecified atom stereocenters. The molecule has 1 aromatic rings. The van der Waals surface area contributed by atoms with Gasteiger partial charge in [0, 0.05) is 12.6 Å². The smallest absolute Gasteiger partial charge is 0.379 e. The molecule has 0 heterocycles. The second-order valence-electron chi connectivity index (χ2n) is 4.57. The van der Waals surface area contributed by atoms with Gasteiger partial charge in [0.05, 0.1) is 10.5 Å². The molecule has 5 nitrogen and oxygen atoms in total. The maximum Gasteiger partial charge on any atom is 0.416 e. The van der Waals surface area contributed by atoms with Crippen LogP contribution < -0.4 is 5.32 Å². The fourth-order valence-corrected chi connectivity index (χ4v) is 1.63. The topological polar surface area (TPSA) is 58.4 Å². The molecule has 0 spiro atoms. The Balaban J connectivity index is 0.00000400. The molecular formula is C12H17ClF3N3O2. The van der Waals surface area contributed by atoms with Gasteiger partial charge in [0.1, 0.15) is 5.69 Å². The van der Waals surface area contributed by atoms with E-state index in [-0.39, 0.29) is 18.1 Å². The molecule has 0 aliphatic carbocycles. The van der Waals surface area contributed by atoms with E-state index >= 15 is 0 Å². The van der Waals surface area contributed by atoms with Crippen LogP contribution in [0, 0.1) is 10.1 Å². The first-order chi connectivity index (χ1) is 9.21. The van der Waals surface area contributed by atoms with E-state index in [1.807, 2.05) is 19.0 Å². The molecular weight excluding hydrogens is 311 g/mol. The van der Waals surface area contributed by atoms with Crippen LogP contribution in [0.5, 0.6) is 0 Å². The molecule has 0 bridgehead atoms. The predicted octanol–water partition coefficient (Wildman–Crippen LogP) is 3.40. The number of hydrogen-bond donors (Lipinski definition) is 1. The summed E-state index contributed by atoms with van der Waals surface area (Å²) in [7, 11) is 3.78. The zero-order valence-electron chi connectivity index (χ0n) is 11.6. The van der Waals surface area contributed by atoms with Gasteiger partial charge in [0.25, 0.3) is 5.69 Å². The molecule has 0 atom stereocenters. The summed E-state index contributed by atoms with van der Waals surface area (Å²) in [6, 6.07) is 2.48. The second-order valence-corrected chi connectivity index (χ2v) is 4.57. The van der Waals surface area contributed by atoms with Gasteiger partial charge in [-0.1, -0.05) is 0 Å². The molecule has 1 aromatic carbocycles. The molecule has 0 amide bonds. The Hall–Kier alpha value is -1.54. The number of anilines is 1. The largest absolute Gasteiger partial charge is 0.416 e. The minimum Gasteiger partial charge on any atom is -0.379 e. The lowest BCUT2D eigenvalue weighted by Gasteiger charge is -2.12. The number of hydrogen-bond acceptors (Lipinski definition) is 4. The molecule has 0 radical (unpaired) electrons. The Kier molecular flexibility index (Phi) is 7.45. The van der Waals surface area contributed by atoms with Gasteiger partial charge in [-0.25, -0.2) is 0 Å². The average Bonchev–Trinajstić information content (AvgIpc) is 2.33. The molecule has 0 aliphatic heterocycles. The molecule has 0 saturated carbocycles. The lowest BCUT2D eigenvalue weighted by molar-refractivity contribution is -0.384. The van der Waals surface area contributed by atoms with Gasteiger partial charge in [0.2, 0.25) is 0 Å². The van der Waals surface area contributed by atoms with Crippen molar-refractivity contribution in [3.8, 4) is 0 Å². The summed E-state index contributed by atoms with van der Waals surface area (Å²) >= 11 is 0. The van der Waals surface area contributed by atoms with E-state index in [1.165, 1.54) is 0 Å². The fourth-order valence-electron chi connectivity index (χ4n) is 1.63. The van der Waals surface area contributed by atoms with Gasteiger partial charge in [0.15, 0.2) is 0 Å². The number of benzene rings is 1. The van der Waals surface area contributed by atoms with E-state index in [0.29, 0.717) is 12.6 Å². The second kappa shape index (κ2) is 8.04. The van der Waals surface area contributed by atoms with Crippen molar-refractivity contribution in [1.29, 1.82) is 0 Å². The standard InChI is InChI=1S/C12H16F3N3O2.ClH/c1-17(2)7-3-6-16-10-5-4-9(12(13,14)15)8-11(10)18(19)20;/h4-5,8,16H,3,6-7H2,1-2H3;1H. The third-order valence-corrected chi connectivity index (χ3v) is 2.62. The molecule has 0 saturated heterocycles. The fraction of sp³-hybridized carbons (Fsp3) is 0.500. The number of nitrogens with zero attached hydrogens (tertiary/aromatic N) is 2. The third kappa shape index (κ3) is 6.17. The molecule has 21 heavy (non-hydrogen) atoms. The zero-order valence-corrected chi connectivity index (χ0v) is 12.4. The summed E-state index contributed by atoms with van der Waals surface area (Å²) in [5, 5.41) is 13.6. The summed E-state index contributed by atoms with van der Waals surface area (Å²) in [4.78, 5) is 12.0. The summed E-state index contributed by atoms with van der Waals surface area (Å²) in [6.45, 7) is 1.23. The van der Waals surface area contributed by atoms with Gasteiger partial charge in [-0.3, -0.25) is 10.1 Å². The van der Waals surface area contributed by atoms with E-state index in [2.05, 4.69) is 5.32 Å². The number of alkyl halides is 3. The van der Waals surface area contributed by atoms with Crippen molar-refractivity contribution in [2.45, 2.75) is 12.6 Å². The van der Waals surface area contributed by atoms with Crippen molar-refractivity contribution in [3.63, 3.8) is 0 Å². The van der Waals surface area contributed by atoms with Crippen LogP contribution in [0.4, 0.5) is 24.5 Å². The summed E-state index contributed by atoms with van der Waals surface area (Å²) < 4.78 is 37.5. The minimum absolute atomic E-state index is 0. The molecule has 120 valence electrons. The lowest BCUT2D eigenvalue weighted by atomic mass is 10.1. The van der Waals surface area contributed by atoms with E-state index < -0.39 is 22.4 Å². The van der Waals surface area contributed by atoms with Crippen LogP contribution in [-0.2, 0) is 6.18 Å². The first-order valence-electron chi connectivity index (χ1n) is 5.96. The van der Waals surface area contributed by atoms with E-state index in [9.17, 15) is 23.3 Å². The SMILES string of the molecule is CN(C)CCCNc1ccc(C(F)(F)F)cc1[N+](=O)[O-].Cl. The number of nitro groups is 1. The summed E-state index contributed by atoms with van der Waals surface area (Å²) in [5.74, 6) is 0. The predicted molar refractivity (Wildman–Crippen MR) is 77.0 cm³/mol. The van der Waals surface area contributed by atoms with Crippen molar-refractivity contribution in [2.24, 2.45) is 0 Å². The van der Waals surface area contributed by atoms with E-state index in [1.54, 1.807) is 0 Å². The van der Waals surface area contributed by atoms with Crippen LogP contribution in [-0.4, -0.2) is 37.0 Å². The van der Waals surface area contributed by atoms with Crippen LogP contribution in [0.25, 0.3) is 0 Å². The maximum atomic E-state index is 12.5. The van der Waals surface area contributed by atoms with Gasteiger partial charge >= 0.3 is 6.18 Å². The number of nitro benzene ring substituents is 1. The Labute approximate surface area is 126 Å². The highest BCUT2D eigenvalue weighted by Gasteiger charge is 2.32. The first-order valence-corrected chi connectivity index (χ1v) is 5.96.